The van der Waals surface area contributed by atoms with Gasteiger partial charge >= 0.3 is 0 Å². The number of aromatic nitrogens is 3. The summed E-state index contributed by atoms with van der Waals surface area (Å²) in [6.45, 7) is 0.553. The number of aliphatic hydroxyl groups is 1. The van der Waals surface area contributed by atoms with Crippen LogP contribution in [-0.4, -0.2) is 44.3 Å². The number of carbonyl (C=O) groups is 1. The van der Waals surface area contributed by atoms with E-state index in [9.17, 15) is 9.90 Å². The van der Waals surface area contributed by atoms with Crippen LogP contribution in [0.3, 0.4) is 0 Å². The van der Waals surface area contributed by atoms with Gasteiger partial charge in [-0.1, -0.05) is 30.3 Å². The molecule has 0 bridgehead atoms. The average Bonchev–Trinajstić information content (AvgIpc) is 3.44. The molecule has 2 aromatic carbocycles. The molecule has 29 heavy (non-hydrogen) atoms. The molecule has 0 radical (unpaired) electrons. The summed E-state index contributed by atoms with van der Waals surface area (Å²) in [6, 6.07) is 13.7. The second-order valence-electron chi connectivity index (χ2n) is 7.50. The average molecular weight is 404 g/mol. The fourth-order valence-electron chi connectivity index (χ4n) is 3.87. The minimum Gasteiger partial charge on any atom is -0.375 e. The van der Waals surface area contributed by atoms with Gasteiger partial charge in [0.2, 0.25) is 0 Å². The van der Waals surface area contributed by atoms with Gasteiger partial charge in [0.05, 0.1) is 17.4 Å². The molecule has 1 aliphatic heterocycles. The second kappa shape index (κ2) is 6.50. The number of likely N-dealkylation sites (N-methyl/N-ethyl adjacent to an activating group) is 1. The standard InChI is InChI=1S/C22H20N4O2S/c1-25-9-8-22(28,21(25)27)17-5-3-4-15(10-17)20-24-18(13-29-20)14-6-7-16-12-23-26(2)19(16)11-14/h3-7,10-13,28H,8-9H2,1-2H3/t22-/m1/s1. The number of thiazole rings is 1. The molecule has 5 rings (SSSR count). The Balaban J connectivity index is 1.50. The van der Waals surface area contributed by atoms with E-state index in [0.717, 1.165) is 32.7 Å². The maximum atomic E-state index is 12.4. The van der Waals surface area contributed by atoms with Crippen LogP contribution in [0.4, 0.5) is 0 Å². The van der Waals surface area contributed by atoms with E-state index in [0.29, 0.717) is 18.5 Å². The van der Waals surface area contributed by atoms with E-state index in [1.807, 2.05) is 47.6 Å². The molecule has 6 nitrogen and oxygen atoms in total. The molecule has 1 saturated heterocycles. The number of amides is 1. The van der Waals surface area contributed by atoms with Crippen molar-refractivity contribution >= 4 is 28.1 Å². The van der Waals surface area contributed by atoms with Crippen LogP contribution in [-0.2, 0) is 17.4 Å². The smallest absolute Gasteiger partial charge is 0.258 e. The number of hydrogen-bond donors (Lipinski definition) is 1. The van der Waals surface area contributed by atoms with Crippen molar-refractivity contribution in [1.29, 1.82) is 0 Å². The fourth-order valence-corrected chi connectivity index (χ4v) is 4.70. The minimum absolute atomic E-state index is 0.251. The number of fused-ring (bicyclic) bond motifs is 1. The van der Waals surface area contributed by atoms with Crippen molar-refractivity contribution in [3.05, 3.63) is 59.6 Å². The molecule has 0 aliphatic carbocycles. The Bertz CT molecular complexity index is 1240. The first-order chi connectivity index (χ1) is 14.0. The zero-order valence-corrected chi connectivity index (χ0v) is 17.0. The molecule has 0 unspecified atom stereocenters. The van der Waals surface area contributed by atoms with Crippen LogP contribution in [0.1, 0.15) is 12.0 Å². The summed E-state index contributed by atoms with van der Waals surface area (Å²) < 4.78 is 1.85. The van der Waals surface area contributed by atoms with E-state index in [4.69, 9.17) is 4.98 Å². The molecule has 146 valence electrons. The Hall–Kier alpha value is -3.03. The SMILES string of the molecule is CN1CC[C@@](O)(c2cccc(-c3nc(-c4ccc5cnn(C)c5c4)cs3)c2)C1=O. The van der Waals surface area contributed by atoms with Gasteiger partial charge in [0.1, 0.15) is 5.01 Å². The largest absolute Gasteiger partial charge is 0.375 e. The van der Waals surface area contributed by atoms with Gasteiger partial charge in [-0.05, 0) is 17.7 Å². The quantitative estimate of drug-likeness (QED) is 0.568. The number of carbonyl (C=O) groups excluding carboxylic acids is 1. The lowest BCUT2D eigenvalue weighted by Gasteiger charge is -2.21. The summed E-state index contributed by atoms with van der Waals surface area (Å²) in [6.07, 6.45) is 2.25. The zero-order valence-electron chi connectivity index (χ0n) is 16.2. The summed E-state index contributed by atoms with van der Waals surface area (Å²) in [5.41, 5.74) is 3.06. The predicted octanol–water partition coefficient (Wildman–Crippen LogP) is 3.41. The summed E-state index contributed by atoms with van der Waals surface area (Å²) in [5.74, 6) is -0.251. The number of nitrogens with zero attached hydrogens (tertiary/aromatic N) is 4. The molecule has 1 N–H and O–H groups in total. The molecular formula is C22H20N4O2S. The molecule has 0 saturated carbocycles. The van der Waals surface area contributed by atoms with Gasteiger partial charge in [-0.3, -0.25) is 9.48 Å². The lowest BCUT2D eigenvalue weighted by molar-refractivity contribution is -0.143. The number of hydrogen-bond acceptors (Lipinski definition) is 5. The van der Waals surface area contributed by atoms with Crippen molar-refractivity contribution in [2.45, 2.75) is 12.0 Å². The van der Waals surface area contributed by atoms with E-state index < -0.39 is 5.60 Å². The van der Waals surface area contributed by atoms with Crippen molar-refractivity contribution in [1.82, 2.24) is 19.7 Å². The van der Waals surface area contributed by atoms with E-state index in [-0.39, 0.29) is 5.91 Å². The molecule has 1 aliphatic rings. The van der Waals surface area contributed by atoms with Gasteiger partial charge in [-0.25, -0.2) is 4.98 Å². The van der Waals surface area contributed by atoms with Crippen LogP contribution in [0.15, 0.2) is 54.0 Å². The number of aryl methyl sites for hydroxylation is 1. The van der Waals surface area contributed by atoms with Crippen molar-refractivity contribution < 1.29 is 9.90 Å². The number of rotatable bonds is 3. The highest BCUT2D eigenvalue weighted by atomic mass is 32.1. The Morgan fingerprint density at radius 3 is 2.79 bits per heavy atom. The van der Waals surface area contributed by atoms with Crippen molar-refractivity contribution in [2.24, 2.45) is 7.05 Å². The van der Waals surface area contributed by atoms with Crippen LogP contribution in [0, 0.1) is 0 Å². The van der Waals surface area contributed by atoms with Gasteiger partial charge in [-0.15, -0.1) is 11.3 Å². The lowest BCUT2D eigenvalue weighted by Crippen LogP contribution is -2.36. The highest BCUT2D eigenvalue weighted by molar-refractivity contribution is 7.13. The highest BCUT2D eigenvalue weighted by Gasteiger charge is 2.45. The van der Waals surface area contributed by atoms with Gasteiger partial charge in [0.25, 0.3) is 5.91 Å². The Kier molecular flexibility index (Phi) is 4.04. The maximum absolute atomic E-state index is 12.4. The number of benzene rings is 2. The zero-order chi connectivity index (χ0) is 20.2. The molecular weight excluding hydrogens is 384 g/mol. The van der Waals surface area contributed by atoms with Crippen molar-refractivity contribution in [2.75, 3.05) is 13.6 Å². The first kappa shape index (κ1) is 18.0. The van der Waals surface area contributed by atoms with Gasteiger partial charge < -0.3 is 10.0 Å². The van der Waals surface area contributed by atoms with Gasteiger partial charge in [-0.2, -0.15) is 5.10 Å². The monoisotopic (exact) mass is 404 g/mol. The predicted molar refractivity (Wildman–Crippen MR) is 113 cm³/mol. The topological polar surface area (TPSA) is 71.2 Å². The molecule has 1 amide bonds. The molecule has 7 heteroatoms. The van der Waals surface area contributed by atoms with Crippen molar-refractivity contribution in [3.63, 3.8) is 0 Å². The first-order valence-corrected chi connectivity index (χ1v) is 10.3. The molecule has 2 aromatic heterocycles. The van der Waals surface area contributed by atoms with Gasteiger partial charge in [0, 0.05) is 49.0 Å². The fraction of sp³-hybridized carbons (Fsp3) is 0.227. The van der Waals surface area contributed by atoms with E-state index in [1.54, 1.807) is 23.3 Å². The summed E-state index contributed by atoms with van der Waals surface area (Å²) in [7, 11) is 3.65. The lowest BCUT2D eigenvalue weighted by atomic mass is 9.91. The molecule has 0 spiro atoms. The van der Waals surface area contributed by atoms with Gasteiger partial charge in [0.15, 0.2) is 5.60 Å². The summed E-state index contributed by atoms with van der Waals surface area (Å²) in [4.78, 5) is 18.8. The molecule has 3 heterocycles. The molecule has 4 aromatic rings. The Morgan fingerprint density at radius 2 is 2.00 bits per heavy atom. The van der Waals surface area contributed by atoms with E-state index >= 15 is 0 Å². The third kappa shape index (κ3) is 2.85. The Labute approximate surface area is 172 Å². The maximum Gasteiger partial charge on any atom is 0.258 e. The minimum atomic E-state index is -1.45. The molecule has 1 atom stereocenters. The first-order valence-electron chi connectivity index (χ1n) is 9.42. The van der Waals surface area contributed by atoms with Crippen molar-refractivity contribution in [3.8, 4) is 21.8 Å². The van der Waals surface area contributed by atoms with Crippen LogP contribution in [0.25, 0.3) is 32.7 Å². The van der Waals surface area contributed by atoms with E-state index in [2.05, 4.69) is 23.3 Å². The van der Waals surface area contributed by atoms with E-state index in [1.165, 1.54) is 0 Å². The highest BCUT2D eigenvalue weighted by Crippen LogP contribution is 2.36. The normalized spacial score (nSPS) is 19.4. The van der Waals surface area contributed by atoms with Crippen LogP contribution < -0.4 is 0 Å². The number of likely N-dealkylation sites (tertiary alicyclic amines) is 1. The summed E-state index contributed by atoms with van der Waals surface area (Å²) >= 11 is 1.55. The third-order valence-corrected chi connectivity index (χ3v) is 6.54. The third-order valence-electron chi connectivity index (χ3n) is 5.65. The molecule has 1 fully saturated rings. The Morgan fingerprint density at radius 1 is 1.14 bits per heavy atom. The second-order valence-corrected chi connectivity index (χ2v) is 8.36. The van der Waals surface area contributed by atoms with Crippen LogP contribution in [0.5, 0.6) is 0 Å². The summed E-state index contributed by atoms with van der Waals surface area (Å²) in [5, 5.41) is 19.2. The van der Waals surface area contributed by atoms with Crippen LogP contribution in [0.2, 0.25) is 0 Å². The van der Waals surface area contributed by atoms with Crippen LogP contribution >= 0.6 is 11.3 Å².